The van der Waals surface area contributed by atoms with E-state index in [-0.39, 0.29) is 0 Å². The summed E-state index contributed by atoms with van der Waals surface area (Å²) in [4.78, 5) is 34.9. The fourth-order valence-electron chi connectivity index (χ4n) is 5.37. The van der Waals surface area contributed by atoms with Gasteiger partial charge in [0.25, 0.3) is 6.29 Å². The molecule has 3 aliphatic rings. The molecule has 0 radical (unpaired) electrons. The Balaban J connectivity index is 1.61. The molecule has 2 heterocycles. The van der Waals surface area contributed by atoms with E-state index in [9.17, 15) is 14.4 Å². The summed E-state index contributed by atoms with van der Waals surface area (Å²) < 4.78 is 21.6. The Labute approximate surface area is 214 Å². The van der Waals surface area contributed by atoms with Crippen LogP contribution in [0.25, 0.3) is 0 Å². The van der Waals surface area contributed by atoms with E-state index in [1.807, 2.05) is 6.08 Å². The Morgan fingerprint density at radius 3 is 2.47 bits per heavy atom. The van der Waals surface area contributed by atoms with Crippen molar-refractivity contribution in [3.05, 3.63) is 46.1 Å². The molecule has 0 aromatic rings. The lowest BCUT2D eigenvalue weighted by Gasteiger charge is -2.35. The second-order valence-electron chi connectivity index (χ2n) is 10.7. The number of hydrogen-bond acceptors (Lipinski definition) is 7. The molecule has 1 unspecified atom stereocenters. The summed E-state index contributed by atoms with van der Waals surface area (Å²) in [7, 11) is 0. The van der Waals surface area contributed by atoms with Crippen LogP contribution in [0.15, 0.2) is 46.1 Å². The Morgan fingerprint density at radius 1 is 1.11 bits per heavy atom. The van der Waals surface area contributed by atoms with Crippen LogP contribution in [0, 0.1) is 5.41 Å². The van der Waals surface area contributed by atoms with E-state index >= 15 is 0 Å². The summed E-state index contributed by atoms with van der Waals surface area (Å²) in [5.41, 5.74) is 6.11. The third kappa shape index (κ3) is 7.42. The van der Waals surface area contributed by atoms with E-state index < -0.39 is 36.6 Å². The molecular weight excluding hydrogens is 460 g/mol. The number of hydrogen-bond donors (Lipinski definition) is 0. The van der Waals surface area contributed by atoms with Gasteiger partial charge in [0, 0.05) is 25.5 Å². The minimum absolute atomic E-state index is 0.291. The second kappa shape index (κ2) is 12.0. The van der Waals surface area contributed by atoms with Crippen LogP contribution in [0.4, 0.5) is 0 Å². The van der Waals surface area contributed by atoms with Gasteiger partial charge in [-0.15, -0.1) is 0 Å². The molecule has 1 aliphatic carbocycles. The van der Waals surface area contributed by atoms with E-state index in [1.165, 1.54) is 44.8 Å². The first-order chi connectivity index (χ1) is 17.0. The van der Waals surface area contributed by atoms with Crippen molar-refractivity contribution >= 4 is 17.9 Å². The lowest BCUT2D eigenvalue weighted by Crippen LogP contribution is -2.35. The van der Waals surface area contributed by atoms with Gasteiger partial charge in [0.05, 0.1) is 6.10 Å². The van der Waals surface area contributed by atoms with E-state index in [0.717, 1.165) is 24.8 Å². The predicted octanol–water partition coefficient (Wildman–Crippen LogP) is 6.00. The van der Waals surface area contributed by atoms with Crippen LogP contribution in [0.5, 0.6) is 0 Å². The van der Waals surface area contributed by atoms with E-state index in [0.29, 0.717) is 23.8 Å². The van der Waals surface area contributed by atoms with Gasteiger partial charge in [-0.2, -0.15) is 0 Å². The van der Waals surface area contributed by atoms with Gasteiger partial charge in [0.2, 0.25) is 6.29 Å². The molecule has 0 aromatic carbocycles. The third-order valence-corrected chi connectivity index (χ3v) is 7.26. The monoisotopic (exact) mass is 500 g/mol. The molecule has 3 atom stereocenters. The summed E-state index contributed by atoms with van der Waals surface area (Å²) in [6, 6.07) is 0. The Bertz CT molecular complexity index is 995. The number of carbonyl (C=O) groups is 3. The van der Waals surface area contributed by atoms with Gasteiger partial charge in [-0.3, -0.25) is 9.59 Å². The van der Waals surface area contributed by atoms with Gasteiger partial charge in [-0.05, 0) is 76.2 Å². The summed E-state index contributed by atoms with van der Waals surface area (Å²) in [5, 5.41) is 0. The number of carbonyl (C=O) groups excluding carboxylic acids is 3. The average Bonchev–Trinajstić information content (AvgIpc) is 3.12. The molecule has 7 nitrogen and oxygen atoms in total. The first-order valence-corrected chi connectivity index (χ1v) is 12.9. The van der Waals surface area contributed by atoms with Crippen LogP contribution in [-0.4, -0.2) is 36.6 Å². The molecule has 0 bridgehead atoms. The molecule has 198 valence electrons. The molecule has 36 heavy (non-hydrogen) atoms. The predicted molar refractivity (Wildman–Crippen MR) is 135 cm³/mol. The molecule has 0 spiro atoms. The first-order valence-electron chi connectivity index (χ1n) is 12.9. The maximum Gasteiger partial charge on any atom is 0.334 e. The SMILES string of the molecule is CC(=O)OC1O[C@@H](C2=CC(=O)O[C@@H]2OC(C)=O)CC=C1CC/C=C(\C)CCC1=C(C)CCCC1(C)C. The standard InChI is InChI=1S/C29H40O7/c1-18(12-14-24-19(2)10-8-16-29(24,5)6)9-7-11-22-13-15-25(35-27(22)33-20(3)30)23-17-26(32)36-28(23)34-21(4)31/h9,13,17,25,27-28H,7-8,10-12,14-16H2,1-6H3/b18-9+/t25-,27?,28+/m1/s1. The topological polar surface area (TPSA) is 88.1 Å². The highest BCUT2D eigenvalue weighted by Crippen LogP contribution is 2.42. The van der Waals surface area contributed by atoms with Crippen LogP contribution in [-0.2, 0) is 33.3 Å². The smallest absolute Gasteiger partial charge is 0.334 e. The number of allylic oxidation sites excluding steroid dienone is 4. The highest BCUT2D eigenvalue weighted by molar-refractivity contribution is 5.86. The lowest BCUT2D eigenvalue weighted by atomic mass is 9.71. The molecule has 0 saturated heterocycles. The van der Waals surface area contributed by atoms with Gasteiger partial charge < -0.3 is 18.9 Å². The average molecular weight is 501 g/mol. The minimum Gasteiger partial charge on any atom is -0.432 e. The van der Waals surface area contributed by atoms with Gasteiger partial charge in [0.15, 0.2) is 0 Å². The number of rotatable bonds is 9. The molecule has 2 aliphatic heterocycles. The summed E-state index contributed by atoms with van der Waals surface area (Å²) in [5.74, 6) is -1.62. The van der Waals surface area contributed by atoms with Gasteiger partial charge in [-0.25, -0.2) is 4.79 Å². The Hall–Kier alpha value is -2.67. The minimum atomic E-state index is -1.12. The zero-order valence-electron chi connectivity index (χ0n) is 22.5. The highest BCUT2D eigenvalue weighted by atomic mass is 16.7. The van der Waals surface area contributed by atoms with Crippen molar-refractivity contribution in [2.45, 2.75) is 112 Å². The second-order valence-corrected chi connectivity index (χ2v) is 10.7. The zero-order valence-corrected chi connectivity index (χ0v) is 22.5. The molecule has 0 amide bonds. The zero-order chi connectivity index (χ0) is 26.5. The lowest BCUT2D eigenvalue weighted by molar-refractivity contribution is -0.184. The first kappa shape index (κ1) is 27.9. The Kier molecular flexibility index (Phi) is 9.34. The van der Waals surface area contributed by atoms with Crippen molar-refractivity contribution in [1.29, 1.82) is 0 Å². The van der Waals surface area contributed by atoms with Crippen molar-refractivity contribution in [3.8, 4) is 0 Å². The van der Waals surface area contributed by atoms with Crippen molar-refractivity contribution in [2.24, 2.45) is 5.41 Å². The molecular formula is C29H40O7. The molecule has 0 N–H and O–H groups in total. The quantitative estimate of drug-likeness (QED) is 0.283. The number of cyclic esters (lactones) is 1. The maximum absolute atomic E-state index is 11.8. The van der Waals surface area contributed by atoms with Gasteiger partial charge in [0.1, 0.15) is 0 Å². The molecule has 0 fully saturated rings. The summed E-state index contributed by atoms with van der Waals surface area (Å²) in [6.07, 6.45) is 10.8. The fraction of sp³-hybridized carbons (Fsp3) is 0.621. The number of esters is 3. The van der Waals surface area contributed by atoms with E-state index in [2.05, 4.69) is 33.8 Å². The maximum atomic E-state index is 11.8. The number of ether oxygens (including phenoxy) is 4. The normalized spacial score (nSPS) is 26.2. The van der Waals surface area contributed by atoms with Gasteiger partial charge >= 0.3 is 17.9 Å². The molecule has 0 aromatic heterocycles. The van der Waals surface area contributed by atoms with Crippen molar-refractivity contribution < 1.29 is 33.3 Å². The fourth-order valence-corrected chi connectivity index (χ4v) is 5.37. The summed E-state index contributed by atoms with van der Waals surface area (Å²) in [6.45, 7) is 11.8. The van der Waals surface area contributed by atoms with Crippen LogP contribution in [0.3, 0.4) is 0 Å². The largest absolute Gasteiger partial charge is 0.432 e. The molecule has 3 rings (SSSR count). The van der Waals surface area contributed by atoms with Crippen LogP contribution >= 0.6 is 0 Å². The van der Waals surface area contributed by atoms with Gasteiger partial charge in [-0.1, -0.05) is 42.7 Å². The highest BCUT2D eigenvalue weighted by Gasteiger charge is 2.38. The molecule has 7 heteroatoms. The van der Waals surface area contributed by atoms with Crippen LogP contribution in [0.2, 0.25) is 0 Å². The van der Waals surface area contributed by atoms with E-state index in [1.54, 1.807) is 11.1 Å². The van der Waals surface area contributed by atoms with Crippen molar-refractivity contribution in [2.75, 3.05) is 0 Å². The Morgan fingerprint density at radius 2 is 1.81 bits per heavy atom. The van der Waals surface area contributed by atoms with Crippen molar-refractivity contribution in [1.82, 2.24) is 0 Å². The van der Waals surface area contributed by atoms with Crippen LogP contribution in [0.1, 0.15) is 92.9 Å². The third-order valence-electron chi connectivity index (χ3n) is 7.26. The summed E-state index contributed by atoms with van der Waals surface area (Å²) >= 11 is 0. The van der Waals surface area contributed by atoms with E-state index in [4.69, 9.17) is 18.9 Å². The molecule has 0 saturated carbocycles. The van der Waals surface area contributed by atoms with Crippen molar-refractivity contribution in [3.63, 3.8) is 0 Å². The van der Waals surface area contributed by atoms with Crippen LogP contribution < -0.4 is 0 Å².